The molecular formula is C14H19N5S. The van der Waals surface area contributed by atoms with Gasteiger partial charge in [0.1, 0.15) is 5.82 Å². The molecule has 1 aliphatic rings. The SMILES string of the molecule is Cc1ccc(CNCc2csnn2)c(N2CCCC2)n1. The molecule has 5 nitrogen and oxygen atoms in total. The molecule has 0 bridgehead atoms. The van der Waals surface area contributed by atoms with Crippen LogP contribution in [-0.4, -0.2) is 27.7 Å². The highest BCUT2D eigenvalue weighted by molar-refractivity contribution is 7.03. The zero-order valence-corrected chi connectivity index (χ0v) is 12.5. The van der Waals surface area contributed by atoms with Gasteiger partial charge in [-0.2, -0.15) is 0 Å². The van der Waals surface area contributed by atoms with E-state index in [1.54, 1.807) is 0 Å². The van der Waals surface area contributed by atoms with Crippen molar-refractivity contribution in [1.82, 2.24) is 19.9 Å². The van der Waals surface area contributed by atoms with Crippen LogP contribution in [0.2, 0.25) is 0 Å². The lowest BCUT2D eigenvalue weighted by Gasteiger charge is -2.20. The van der Waals surface area contributed by atoms with Crippen LogP contribution in [0.25, 0.3) is 0 Å². The van der Waals surface area contributed by atoms with E-state index in [1.807, 2.05) is 5.38 Å². The average molecular weight is 289 g/mol. The molecule has 0 aliphatic carbocycles. The molecule has 3 heterocycles. The van der Waals surface area contributed by atoms with Crippen molar-refractivity contribution in [1.29, 1.82) is 0 Å². The molecule has 3 rings (SSSR count). The molecule has 0 radical (unpaired) electrons. The molecule has 2 aromatic rings. The summed E-state index contributed by atoms with van der Waals surface area (Å²) < 4.78 is 3.87. The minimum Gasteiger partial charge on any atom is -0.356 e. The number of nitrogens with one attached hydrogen (secondary N) is 1. The van der Waals surface area contributed by atoms with E-state index >= 15 is 0 Å². The van der Waals surface area contributed by atoms with Crippen molar-refractivity contribution in [2.75, 3.05) is 18.0 Å². The van der Waals surface area contributed by atoms with E-state index in [9.17, 15) is 0 Å². The number of hydrogen-bond donors (Lipinski definition) is 1. The highest BCUT2D eigenvalue weighted by Crippen LogP contribution is 2.22. The summed E-state index contributed by atoms with van der Waals surface area (Å²) in [5.74, 6) is 1.14. The molecule has 0 aromatic carbocycles. The minimum absolute atomic E-state index is 0.754. The van der Waals surface area contributed by atoms with Gasteiger partial charge in [0.15, 0.2) is 0 Å². The van der Waals surface area contributed by atoms with Gasteiger partial charge in [-0.15, -0.1) is 5.10 Å². The van der Waals surface area contributed by atoms with E-state index in [0.29, 0.717) is 0 Å². The molecule has 106 valence electrons. The lowest BCUT2D eigenvalue weighted by molar-refractivity contribution is 0.673. The number of rotatable bonds is 5. The van der Waals surface area contributed by atoms with E-state index in [-0.39, 0.29) is 0 Å². The normalized spacial score (nSPS) is 14.9. The van der Waals surface area contributed by atoms with Crippen LogP contribution in [0.4, 0.5) is 5.82 Å². The summed E-state index contributed by atoms with van der Waals surface area (Å²) in [6, 6.07) is 4.27. The molecule has 0 spiro atoms. The van der Waals surface area contributed by atoms with Gasteiger partial charge < -0.3 is 10.2 Å². The third-order valence-corrected chi connectivity index (χ3v) is 4.08. The zero-order chi connectivity index (χ0) is 13.8. The Labute approximate surface area is 123 Å². The number of aryl methyl sites for hydroxylation is 1. The summed E-state index contributed by atoms with van der Waals surface area (Å²) in [4.78, 5) is 7.13. The number of hydrogen-bond acceptors (Lipinski definition) is 6. The fourth-order valence-corrected chi connectivity index (χ4v) is 2.95. The number of aromatic nitrogens is 3. The fraction of sp³-hybridized carbons (Fsp3) is 0.500. The molecule has 0 unspecified atom stereocenters. The molecule has 20 heavy (non-hydrogen) atoms. The monoisotopic (exact) mass is 289 g/mol. The number of nitrogens with zero attached hydrogens (tertiary/aromatic N) is 4. The summed E-state index contributed by atoms with van der Waals surface area (Å²) in [5.41, 5.74) is 3.35. The first kappa shape index (κ1) is 13.5. The molecule has 1 N–H and O–H groups in total. The highest BCUT2D eigenvalue weighted by atomic mass is 32.1. The molecule has 1 saturated heterocycles. The summed E-state index contributed by atoms with van der Waals surface area (Å²) in [7, 11) is 0. The lowest BCUT2D eigenvalue weighted by atomic mass is 10.2. The van der Waals surface area contributed by atoms with Crippen molar-refractivity contribution in [2.45, 2.75) is 32.9 Å². The van der Waals surface area contributed by atoms with Crippen molar-refractivity contribution in [3.05, 3.63) is 34.5 Å². The lowest BCUT2D eigenvalue weighted by Crippen LogP contribution is -2.23. The fourth-order valence-electron chi connectivity index (χ4n) is 2.50. The van der Waals surface area contributed by atoms with Crippen molar-refractivity contribution in [3.63, 3.8) is 0 Å². The molecule has 6 heteroatoms. The Balaban J connectivity index is 1.68. The summed E-state index contributed by atoms with van der Waals surface area (Å²) in [6.45, 7) is 5.87. The van der Waals surface area contributed by atoms with Crippen molar-refractivity contribution >= 4 is 17.4 Å². The van der Waals surface area contributed by atoms with Crippen molar-refractivity contribution in [2.24, 2.45) is 0 Å². The topological polar surface area (TPSA) is 53.9 Å². The zero-order valence-electron chi connectivity index (χ0n) is 11.7. The van der Waals surface area contributed by atoms with Crippen LogP contribution < -0.4 is 10.2 Å². The van der Waals surface area contributed by atoms with Crippen LogP contribution in [0.1, 0.15) is 29.8 Å². The minimum atomic E-state index is 0.754. The molecular weight excluding hydrogens is 270 g/mol. The van der Waals surface area contributed by atoms with Gasteiger partial charge in [-0.05, 0) is 37.4 Å². The van der Waals surface area contributed by atoms with Gasteiger partial charge in [0.2, 0.25) is 0 Å². The molecule has 2 aromatic heterocycles. The van der Waals surface area contributed by atoms with E-state index in [0.717, 1.165) is 43.4 Å². The van der Waals surface area contributed by atoms with Gasteiger partial charge in [-0.25, -0.2) is 4.98 Å². The van der Waals surface area contributed by atoms with E-state index in [2.05, 4.69) is 38.9 Å². The maximum absolute atomic E-state index is 4.73. The maximum atomic E-state index is 4.73. The maximum Gasteiger partial charge on any atom is 0.133 e. The van der Waals surface area contributed by atoms with E-state index < -0.39 is 0 Å². The van der Waals surface area contributed by atoms with Gasteiger partial charge in [-0.1, -0.05) is 10.6 Å². The largest absolute Gasteiger partial charge is 0.356 e. The number of anilines is 1. The van der Waals surface area contributed by atoms with Gasteiger partial charge in [0.25, 0.3) is 0 Å². The van der Waals surface area contributed by atoms with Gasteiger partial charge in [0.05, 0.1) is 5.69 Å². The van der Waals surface area contributed by atoms with E-state index in [1.165, 1.54) is 29.9 Å². The Morgan fingerprint density at radius 3 is 2.85 bits per heavy atom. The highest BCUT2D eigenvalue weighted by Gasteiger charge is 2.17. The van der Waals surface area contributed by atoms with Crippen LogP contribution in [0.15, 0.2) is 17.5 Å². The predicted octanol–water partition coefficient (Wildman–Crippen LogP) is 2.13. The second kappa shape index (κ2) is 6.28. The van der Waals surface area contributed by atoms with Crippen LogP contribution in [0.5, 0.6) is 0 Å². The van der Waals surface area contributed by atoms with Crippen LogP contribution in [-0.2, 0) is 13.1 Å². The smallest absolute Gasteiger partial charge is 0.133 e. The summed E-state index contributed by atoms with van der Waals surface area (Å²) in [6.07, 6.45) is 2.54. The molecule has 0 saturated carbocycles. The Kier molecular flexibility index (Phi) is 4.22. The molecule has 1 aliphatic heterocycles. The van der Waals surface area contributed by atoms with Crippen LogP contribution >= 0.6 is 11.5 Å². The third kappa shape index (κ3) is 3.13. The Morgan fingerprint density at radius 1 is 1.25 bits per heavy atom. The average Bonchev–Trinajstić information content (AvgIpc) is 3.12. The Morgan fingerprint density at radius 2 is 2.10 bits per heavy atom. The van der Waals surface area contributed by atoms with Gasteiger partial charge >= 0.3 is 0 Å². The summed E-state index contributed by atoms with van der Waals surface area (Å²) >= 11 is 1.39. The van der Waals surface area contributed by atoms with Crippen LogP contribution in [0.3, 0.4) is 0 Å². The first-order chi connectivity index (χ1) is 9.83. The third-order valence-electron chi connectivity index (χ3n) is 3.53. The van der Waals surface area contributed by atoms with Crippen molar-refractivity contribution < 1.29 is 0 Å². The van der Waals surface area contributed by atoms with E-state index in [4.69, 9.17) is 4.98 Å². The first-order valence-electron chi connectivity index (χ1n) is 7.01. The van der Waals surface area contributed by atoms with Gasteiger partial charge in [-0.3, -0.25) is 0 Å². The molecule has 1 fully saturated rings. The second-order valence-corrected chi connectivity index (χ2v) is 5.74. The Hall–Kier alpha value is -1.53. The van der Waals surface area contributed by atoms with Gasteiger partial charge in [0, 0.05) is 42.8 Å². The quantitative estimate of drug-likeness (QED) is 0.914. The van der Waals surface area contributed by atoms with Crippen molar-refractivity contribution in [3.8, 4) is 0 Å². The second-order valence-electron chi connectivity index (χ2n) is 5.13. The first-order valence-corrected chi connectivity index (χ1v) is 7.85. The Bertz CT molecular complexity index is 549. The summed E-state index contributed by atoms with van der Waals surface area (Å²) in [5, 5.41) is 9.44. The molecule has 0 atom stereocenters. The predicted molar refractivity (Wildman–Crippen MR) is 80.9 cm³/mol. The standard InChI is InChI=1S/C14H19N5S/c1-11-4-5-12(8-15-9-13-10-20-18-17-13)14(16-11)19-6-2-3-7-19/h4-5,10,15H,2-3,6-9H2,1H3. The molecule has 0 amide bonds. The van der Waals surface area contributed by atoms with Crippen LogP contribution in [0, 0.1) is 6.92 Å². The number of pyridine rings is 1.